The van der Waals surface area contributed by atoms with E-state index >= 15 is 0 Å². The van der Waals surface area contributed by atoms with Gasteiger partial charge in [0.25, 0.3) is 0 Å². The maximum absolute atomic E-state index is 9.91. The Kier molecular flexibility index (Phi) is 4.91. The summed E-state index contributed by atoms with van der Waals surface area (Å²) in [7, 11) is 0. The molecule has 0 unspecified atom stereocenters. The van der Waals surface area contributed by atoms with E-state index in [9.17, 15) is 5.11 Å². The molecule has 0 amide bonds. The van der Waals surface area contributed by atoms with Crippen molar-refractivity contribution in [2.75, 3.05) is 18.5 Å². The fourth-order valence-corrected chi connectivity index (χ4v) is 2.47. The highest BCUT2D eigenvalue weighted by Gasteiger charge is 2.25. The lowest BCUT2D eigenvalue weighted by Crippen LogP contribution is -2.28. The van der Waals surface area contributed by atoms with Gasteiger partial charge in [0.05, 0.1) is 31.0 Å². The summed E-state index contributed by atoms with van der Waals surface area (Å²) in [6.45, 7) is 5.18. The summed E-state index contributed by atoms with van der Waals surface area (Å²) in [6.07, 6.45) is 2.65. The molecule has 0 radical (unpaired) electrons. The van der Waals surface area contributed by atoms with Gasteiger partial charge in [-0.05, 0) is 45.2 Å². The lowest BCUT2D eigenvalue weighted by Gasteiger charge is -2.20. The average Bonchev–Trinajstić information content (AvgIpc) is 2.79. The molecule has 0 aromatic heterocycles. The Morgan fingerprint density at radius 1 is 1.21 bits per heavy atom. The number of hydrogen-bond acceptors (Lipinski definition) is 4. The molecule has 106 valence electrons. The molecule has 4 nitrogen and oxygen atoms in total. The number of aliphatic hydroxyl groups excluding tert-OH is 1. The van der Waals surface area contributed by atoms with Crippen molar-refractivity contribution in [2.24, 2.45) is 0 Å². The summed E-state index contributed by atoms with van der Waals surface area (Å²) < 4.78 is 11.1. The number of ether oxygens (including phenoxy) is 2. The number of anilines is 1. The van der Waals surface area contributed by atoms with Gasteiger partial charge in [-0.15, -0.1) is 0 Å². The minimum Gasteiger partial charge on any atom is -0.494 e. The van der Waals surface area contributed by atoms with Gasteiger partial charge in [-0.1, -0.05) is 0 Å². The monoisotopic (exact) mass is 265 g/mol. The van der Waals surface area contributed by atoms with Gasteiger partial charge in [-0.3, -0.25) is 0 Å². The zero-order chi connectivity index (χ0) is 13.7. The largest absolute Gasteiger partial charge is 0.494 e. The predicted octanol–water partition coefficient (Wildman–Crippen LogP) is 2.81. The van der Waals surface area contributed by atoms with Crippen LogP contribution in [-0.2, 0) is 0 Å². The molecule has 1 saturated carbocycles. The first kappa shape index (κ1) is 14.0. The van der Waals surface area contributed by atoms with Crippen LogP contribution >= 0.6 is 0 Å². The Bertz CT molecular complexity index is 408. The minimum absolute atomic E-state index is 0.107. The Morgan fingerprint density at radius 3 is 2.63 bits per heavy atom. The average molecular weight is 265 g/mol. The van der Waals surface area contributed by atoms with Crippen LogP contribution in [0.3, 0.4) is 0 Å². The van der Waals surface area contributed by atoms with Gasteiger partial charge in [-0.25, -0.2) is 0 Å². The minimum atomic E-state index is -0.273. The molecule has 0 heterocycles. The van der Waals surface area contributed by atoms with Crippen LogP contribution in [0.25, 0.3) is 0 Å². The van der Waals surface area contributed by atoms with Crippen LogP contribution in [0.5, 0.6) is 11.5 Å². The Balaban J connectivity index is 2.16. The van der Waals surface area contributed by atoms with Gasteiger partial charge in [0.15, 0.2) is 0 Å². The molecule has 0 saturated heterocycles. The van der Waals surface area contributed by atoms with Crippen LogP contribution in [0.15, 0.2) is 18.2 Å². The van der Waals surface area contributed by atoms with E-state index in [1.807, 2.05) is 32.0 Å². The molecular weight excluding hydrogens is 242 g/mol. The first-order valence-electron chi connectivity index (χ1n) is 7.08. The van der Waals surface area contributed by atoms with E-state index in [0.29, 0.717) is 13.2 Å². The number of aliphatic hydroxyl groups is 1. The molecule has 0 spiro atoms. The zero-order valence-corrected chi connectivity index (χ0v) is 11.7. The SMILES string of the molecule is CCOc1ccc(OCC)c(N[C@@H]2CCC[C@H]2O)c1. The lowest BCUT2D eigenvalue weighted by molar-refractivity contribution is 0.171. The van der Waals surface area contributed by atoms with Crippen molar-refractivity contribution in [1.82, 2.24) is 0 Å². The quantitative estimate of drug-likeness (QED) is 0.830. The van der Waals surface area contributed by atoms with Gasteiger partial charge in [0.2, 0.25) is 0 Å². The summed E-state index contributed by atoms with van der Waals surface area (Å²) in [6, 6.07) is 5.87. The second-order valence-electron chi connectivity index (χ2n) is 4.77. The first-order chi connectivity index (χ1) is 9.24. The van der Waals surface area contributed by atoms with Crippen molar-refractivity contribution in [1.29, 1.82) is 0 Å². The van der Waals surface area contributed by atoms with E-state index in [1.54, 1.807) is 0 Å². The van der Waals surface area contributed by atoms with Crippen molar-refractivity contribution in [2.45, 2.75) is 45.3 Å². The van der Waals surface area contributed by atoms with Crippen molar-refractivity contribution >= 4 is 5.69 Å². The van der Waals surface area contributed by atoms with E-state index in [0.717, 1.165) is 36.4 Å². The Labute approximate surface area is 114 Å². The van der Waals surface area contributed by atoms with E-state index < -0.39 is 0 Å². The highest BCUT2D eigenvalue weighted by atomic mass is 16.5. The fraction of sp³-hybridized carbons (Fsp3) is 0.600. The normalized spacial score (nSPS) is 22.3. The molecule has 1 aromatic rings. The van der Waals surface area contributed by atoms with Gasteiger partial charge in [0.1, 0.15) is 11.5 Å². The molecule has 2 N–H and O–H groups in total. The van der Waals surface area contributed by atoms with E-state index in [4.69, 9.17) is 9.47 Å². The highest BCUT2D eigenvalue weighted by Crippen LogP contribution is 2.32. The van der Waals surface area contributed by atoms with E-state index in [1.165, 1.54) is 0 Å². The third-order valence-corrected chi connectivity index (χ3v) is 3.38. The van der Waals surface area contributed by atoms with Crippen LogP contribution in [0.2, 0.25) is 0 Å². The topological polar surface area (TPSA) is 50.7 Å². The van der Waals surface area contributed by atoms with Gasteiger partial charge in [0, 0.05) is 6.07 Å². The van der Waals surface area contributed by atoms with Gasteiger partial charge < -0.3 is 19.9 Å². The fourth-order valence-electron chi connectivity index (χ4n) is 2.47. The van der Waals surface area contributed by atoms with Crippen molar-refractivity contribution in [3.8, 4) is 11.5 Å². The third kappa shape index (κ3) is 3.53. The molecule has 0 aliphatic heterocycles. The first-order valence-corrected chi connectivity index (χ1v) is 7.08. The Hall–Kier alpha value is -1.42. The zero-order valence-electron chi connectivity index (χ0n) is 11.7. The standard InChI is InChI=1S/C15H23NO3/c1-3-18-11-8-9-15(19-4-2)13(10-11)16-12-6-5-7-14(12)17/h8-10,12,14,16-17H,3-7H2,1-2H3/t12-,14-/m1/s1. The summed E-state index contributed by atoms with van der Waals surface area (Å²) >= 11 is 0. The maximum atomic E-state index is 9.91. The van der Waals surface area contributed by atoms with Crippen LogP contribution in [-0.4, -0.2) is 30.5 Å². The second kappa shape index (κ2) is 6.66. The summed E-state index contributed by atoms with van der Waals surface area (Å²) in [4.78, 5) is 0. The van der Waals surface area contributed by atoms with Crippen molar-refractivity contribution in [3.63, 3.8) is 0 Å². The molecular formula is C15H23NO3. The third-order valence-electron chi connectivity index (χ3n) is 3.38. The highest BCUT2D eigenvalue weighted by molar-refractivity contribution is 5.60. The van der Waals surface area contributed by atoms with E-state index in [2.05, 4.69) is 5.32 Å². The molecule has 2 atom stereocenters. The smallest absolute Gasteiger partial charge is 0.142 e. The second-order valence-corrected chi connectivity index (χ2v) is 4.77. The lowest BCUT2D eigenvalue weighted by atomic mass is 10.2. The predicted molar refractivity (Wildman–Crippen MR) is 76.0 cm³/mol. The number of nitrogens with one attached hydrogen (secondary N) is 1. The molecule has 2 rings (SSSR count). The molecule has 1 fully saturated rings. The van der Waals surface area contributed by atoms with Crippen LogP contribution in [0.1, 0.15) is 33.1 Å². The molecule has 19 heavy (non-hydrogen) atoms. The van der Waals surface area contributed by atoms with Crippen LogP contribution < -0.4 is 14.8 Å². The summed E-state index contributed by atoms with van der Waals surface area (Å²) in [5.74, 6) is 1.63. The van der Waals surface area contributed by atoms with E-state index in [-0.39, 0.29) is 12.1 Å². The van der Waals surface area contributed by atoms with Crippen LogP contribution in [0, 0.1) is 0 Å². The summed E-state index contributed by atoms with van der Waals surface area (Å²) in [5, 5.41) is 13.3. The maximum Gasteiger partial charge on any atom is 0.142 e. The molecule has 0 bridgehead atoms. The number of hydrogen-bond donors (Lipinski definition) is 2. The summed E-state index contributed by atoms with van der Waals surface area (Å²) in [5.41, 5.74) is 0.902. The molecule has 1 aliphatic rings. The van der Waals surface area contributed by atoms with Gasteiger partial charge >= 0.3 is 0 Å². The molecule has 1 aliphatic carbocycles. The Morgan fingerprint density at radius 2 is 2.00 bits per heavy atom. The number of rotatable bonds is 6. The van der Waals surface area contributed by atoms with Gasteiger partial charge in [-0.2, -0.15) is 0 Å². The number of benzene rings is 1. The van der Waals surface area contributed by atoms with Crippen LogP contribution in [0.4, 0.5) is 5.69 Å². The molecule has 1 aromatic carbocycles. The molecule has 4 heteroatoms. The van der Waals surface area contributed by atoms with Crippen molar-refractivity contribution < 1.29 is 14.6 Å². The van der Waals surface area contributed by atoms with Crippen molar-refractivity contribution in [3.05, 3.63) is 18.2 Å².